The summed E-state index contributed by atoms with van der Waals surface area (Å²) in [6.45, 7) is 0. The first-order valence-electron chi connectivity index (χ1n) is 6.70. The Morgan fingerprint density at radius 1 is 1.05 bits per heavy atom. The molecule has 0 aliphatic rings. The van der Waals surface area contributed by atoms with Crippen molar-refractivity contribution in [3.8, 4) is 12.3 Å². The Labute approximate surface area is 128 Å². The molecule has 0 spiro atoms. The summed E-state index contributed by atoms with van der Waals surface area (Å²) < 4.78 is 0. The van der Waals surface area contributed by atoms with E-state index in [4.69, 9.17) is 17.3 Å². The molecule has 3 N–H and O–H groups in total. The standard InChI is InChI=1S/C18H15NO3/c1-2-12-3-7-14(8-4-12)17(20)15-9-5-13(6-10-15)11-16(19)18(21)22/h1,3-10,16H,11,19H2,(H,21,22)/t16-/m0/s1. The number of carbonyl (C=O) groups is 2. The predicted octanol–water partition coefficient (Wildman–Crippen LogP) is 1.85. The van der Waals surface area contributed by atoms with E-state index in [2.05, 4.69) is 5.92 Å². The molecule has 4 heteroatoms. The minimum absolute atomic E-state index is 0.113. The molecule has 0 saturated heterocycles. The van der Waals surface area contributed by atoms with Gasteiger partial charge in [-0.25, -0.2) is 0 Å². The van der Waals surface area contributed by atoms with E-state index in [0.29, 0.717) is 11.1 Å². The van der Waals surface area contributed by atoms with Gasteiger partial charge in [-0.2, -0.15) is 0 Å². The van der Waals surface area contributed by atoms with E-state index in [-0.39, 0.29) is 12.2 Å². The SMILES string of the molecule is C#Cc1ccc(C(=O)c2ccc(C[C@H](N)C(=O)O)cc2)cc1. The third-order valence-corrected chi connectivity index (χ3v) is 3.30. The van der Waals surface area contributed by atoms with Crippen LogP contribution in [0, 0.1) is 12.3 Å². The number of aliphatic carboxylic acids is 1. The molecule has 0 heterocycles. The van der Waals surface area contributed by atoms with Gasteiger partial charge in [0.1, 0.15) is 6.04 Å². The average molecular weight is 293 g/mol. The third-order valence-electron chi connectivity index (χ3n) is 3.30. The number of rotatable bonds is 5. The summed E-state index contributed by atoms with van der Waals surface area (Å²) in [6.07, 6.45) is 5.50. The van der Waals surface area contributed by atoms with Crippen molar-refractivity contribution < 1.29 is 14.7 Å². The highest BCUT2D eigenvalue weighted by atomic mass is 16.4. The van der Waals surface area contributed by atoms with Gasteiger partial charge in [0.25, 0.3) is 0 Å². The molecule has 0 unspecified atom stereocenters. The third kappa shape index (κ3) is 3.60. The number of terminal acetylenes is 1. The van der Waals surface area contributed by atoms with Gasteiger partial charge in [0.2, 0.25) is 0 Å². The van der Waals surface area contributed by atoms with Crippen LogP contribution in [0.2, 0.25) is 0 Å². The van der Waals surface area contributed by atoms with Gasteiger partial charge in [0.15, 0.2) is 5.78 Å². The molecule has 0 aliphatic carbocycles. The molecule has 0 aromatic heterocycles. The van der Waals surface area contributed by atoms with Crippen molar-refractivity contribution in [2.75, 3.05) is 0 Å². The van der Waals surface area contributed by atoms with Gasteiger partial charge < -0.3 is 10.8 Å². The van der Waals surface area contributed by atoms with E-state index in [1.165, 1.54) is 0 Å². The van der Waals surface area contributed by atoms with Crippen LogP contribution in [0.5, 0.6) is 0 Å². The Kier molecular flexibility index (Phi) is 4.72. The number of carboxylic acid groups (broad SMARTS) is 1. The van der Waals surface area contributed by atoms with Crippen molar-refractivity contribution >= 4 is 11.8 Å². The molecule has 4 nitrogen and oxygen atoms in total. The smallest absolute Gasteiger partial charge is 0.320 e. The zero-order chi connectivity index (χ0) is 16.1. The molecule has 22 heavy (non-hydrogen) atoms. The van der Waals surface area contributed by atoms with Crippen molar-refractivity contribution in [2.24, 2.45) is 5.73 Å². The van der Waals surface area contributed by atoms with E-state index in [9.17, 15) is 9.59 Å². The molecule has 0 bridgehead atoms. The quantitative estimate of drug-likeness (QED) is 0.651. The zero-order valence-electron chi connectivity index (χ0n) is 11.8. The van der Waals surface area contributed by atoms with Crippen molar-refractivity contribution in [1.82, 2.24) is 0 Å². The monoisotopic (exact) mass is 293 g/mol. The Morgan fingerprint density at radius 3 is 2.00 bits per heavy atom. The molecule has 0 radical (unpaired) electrons. The van der Waals surface area contributed by atoms with E-state index >= 15 is 0 Å². The number of hydrogen-bond donors (Lipinski definition) is 2. The molecule has 2 rings (SSSR count). The molecular formula is C18H15NO3. The minimum atomic E-state index is -1.05. The molecule has 0 fully saturated rings. The molecule has 2 aromatic carbocycles. The van der Waals surface area contributed by atoms with Crippen LogP contribution >= 0.6 is 0 Å². The van der Waals surface area contributed by atoms with Gasteiger partial charge in [-0.05, 0) is 36.2 Å². The molecule has 0 aliphatic heterocycles. The average Bonchev–Trinajstić information content (AvgIpc) is 2.55. The Hall–Kier alpha value is -2.90. The normalized spacial score (nSPS) is 11.5. The summed E-state index contributed by atoms with van der Waals surface area (Å²) in [5.41, 5.74) is 8.05. The lowest BCUT2D eigenvalue weighted by atomic mass is 9.99. The first-order valence-corrected chi connectivity index (χ1v) is 6.70. The summed E-state index contributed by atoms with van der Waals surface area (Å²) in [4.78, 5) is 23.0. The van der Waals surface area contributed by atoms with Crippen LogP contribution in [0.25, 0.3) is 0 Å². The van der Waals surface area contributed by atoms with Gasteiger partial charge in [-0.15, -0.1) is 6.42 Å². The summed E-state index contributed by atoms with van der Waals surface area (Å²) in [5, 5.41) is 8.78. The number of carboxylic acids is 1. The molecule has 0 amide bonds. The number of carbonyl (C=O) groups excluding carboxylic acids is 1. The lowest BCUT2D eigenvalue weighted by molar-refractivity contribution is -0.138. The number of ketones is 1. The maximum atomic E-state index is 12.3. The van der Waals surface area contributed by atoms with Crippen LogP contribution in [-0.4, -0.2) is 22.9 Å². The van der Waals surface area contributed by atoms with Gasteiger partial charge in [-0.1, -0.05) is 30.2 Å². The summed E-state index contributed by atoms with van der Waals surface area (Å²) in [7, 11) is 0. The van der Waals surface area contributed by atoms with E-state index in [1.54, 1.807) is 48.5 Å². The Morgan fingerprint density at radius 2 is 1.55 bits per heavy atom. The van der Waals surface area contributed by atoms with Crippen LogP contribution in [-0.2, 0) is 11.2 Å². The van der Waals surface area contributed by atoms with Gasteiger partial charge in [0.05, 0.1) is 0 Å². The highest BCUT2D eigenvalue weighted by Gasteiger charge is 2.13. The van der Waals surface area contributed by atoms with E-state index in [0.717, 1.165) is 11.1 Å². The van der Waals surface area contributed by atoms with Crippen LogP contribution in [0.15, 0.2) is 48.5 Å². The van der Waals surface area contributed by atoms with Gasteiger partial charge in [0, 0.05) is 16.7 Å². The largest absolute Gasteiger partial charge is 0.480 e. The zero-order valence-corrected chi connectivity index (χ0v) is 11.8. The fourth-order valence-corrected chi connectivity index (χ4v) is 2.02. The van der Waals surface area contributed by atoms with E-state index in [1.807, 2.05) is 0 Å². The molecule has 0 saturated carbocycles. The van der Waals surface area contributed by atoms with Crippen LogP contribution in [0.4, 0.5) is 0 Å². The maximum Gasteiger partial charge on any atom is 0.320 e. The number of benzene rings is 2. The lowest BCUT2D eigenvalue weighted by Crippen LogP contribution is -2.32. The fraction of sp³-hybridized carbons (Fsp3) is 0.111. The van der Waals surface area contributed by atoms with Gasteiger partial charge in [-0.3, -0.25) is 9.59 Å². The number of nitrogens with two attached hydrogens (primary N) is 1. The van der Waals surface area contributed by atoms with E-state index < -0.39 is 12.0 Å². The first-order chi connectivity index (χ1) is 10.5. The Bertz CT molecular complexity index is 724. The van der Waals surface area contributed by atoms with Gasteiger partial charge >= 0.3 is 5.97 Å². The topological polar surface area (TPSA) is 80.4 Å². The summed E-state index contributed by atoms with van der Waals surface area (Å²) in [5.74, 6) is 1.34. The second-order valence-electron chi connectivity index (χ2n) is 4.90. The second-order valence-corrected chi connectivity index (χ2v) is 4.90. The van der Waals surface area contributed by atoms with Crippen LogP contribution < -0.4 is 5.73 Å². The molecule has 110 valence electrons. The Balaban J connectivity index is 2.14. The molecule has 2 aromatic rings. The summed E-state index contributed by atoms with van der Waals surface area (Å²) in [6, 6.07) is 12.6. The molecular weight excluding hydrogens is 278 g/mol. The van der Waals surface area contributed by atoms with Crippen molar-refractivity contribution in [3.63, 3.8) is 0 Å². The van der Waals surface area contributed by atoms with Crippen LogP contribution in [0.3, 0.4) is 0 Å². The maximum absolute atomic E-state index is 12.3. The van der Waals surface area contributed by atoms with Crippen LogP contribution in [0.1, 0.15) is 27.0 Å². The van der Waals surface area contributed by atoms with Crippen molar-refractivity contribution in [3.05, 3.63) is 70.8 Å². The highest BCUT2D eigenvalue weighted by Crippen LogP contribution is 2.13. The lowest BCUT2D eigenvalue weighted by Gasteiger charge is -2.07. The fourth-order valence-electron chi connectivity index (χ4n) is 2.02. The first kappa shape index (κ1) is 15.5. The molecule has 1 atom stereocenters. The number of hydrogen-bond acceptors (Lipinski definition) is 3. The summed E-state index contributed by atoms with van der Waals surface area (Å²) >= 11 is 0. The van der Waals surface area contributed by atoms with Crippen molar-refractivity contribution in [1.29, 1.82) is 0 Å². The predicted molar refractivity (Wildman–Crippen MR) is 83.6 cm³/mol. The van der Waals surface area contributed by atoms with Crippen molar-refractivity contribution in [2.45, 2.75) is 12.5 Å². The minimum Gasteiger partial charge on any atom is -0.480 e. The highest BCUT2D eigenvalue weighted by molar-refractivity contribution is 6.09. The second kappa shape index (κ2) is 6.70.